The Kier molecular flexibility index (Phi) is 0.563. The third-order valence-electron chi connectivity index (χ3n) is 1.66. The molecule has 2 aliphatic heterocycles. The summed E-state index contributed by atoms with van der Waals surface area (Å²) in [5.41, 5.74) is 12.3. The van der Waals surface area contributed by atoms with E-state index in [1.165, 1.54) is 11.2 Å². The van der Waals surface area contributed by atoms with Crippen molar-refractivity contribution in [1.29, 1.82) is 0 Å². The molecule has 0 aromatic carbocycles. The SMILES string of the molecule is [N-]=[N+]=C1N2N=CC12C(N)=O. The number of rotatable bonds is 1. The summed E-state index contributed by atoms with van der Waals surface area (Å²) in [5, 5.41) is 4.87. The van der Waals surface area contributed by atoms with Crippen molar-refractivity contribution >= 4 is 18.0 Å². The van der Waals surface area contributed by atoms with Crippen LogP contribution in [-0.2, 0) is 4.79 Å². The van der Waals surface area contributed by atoms with E-state index >= 15 is 0 Å². The first-order valence-corrected chi connectivity index (χ1v) is 2.61. The normalized spacial score (nSPS) is 32.4. The fourth-order valence-electron chi connectivity index (χ4n) is 0.978. The minimum absolute atomic E-state index is 0.208. The number of hydrogen-bond donors (Lipinski definition) is 1. The number of primary amides is 1. The second-order valence-corrected chi connectivity index (χ2v) is 2.11. The Morgan fingerprint density at radius 2 is 2.70 bits per heavy atom. The molecular formula is C4H3N5O. The van der Waals surface area contributed by atoms with Gasteiger partial charge < -0.3 is 16.1 Å². The van der Waals surface area contributed by atoms with Crippen LogP contribution in [0, 0.1) is 0 Å². The molecule has 6 heteroatoms. The maximum absolute atomic E-state index is 10.6. The molecule has 6 nitrogen and oxygen atoms in total. The maximum Gasteiger partial charge on any atom is 0.424 e. The molecule has 10 heavy (non-hydrogen) atoms. The lowest BCUT2D eigenvalue weighted by molar-refractivity contribution is -0.119. The maximum atomic E-state index is 10.6. The van der Waals surface area contributed by atoms with E-state index in [-0.39, 0.29) is 5.84 Å². The van der Waals surface area contributed by atoms with Crippen LogP contribution in [0.2, 0.25) is 0 Å². The number of nitrogens with zero attached hydrogens (tertiary/aromatic N) is 4. The molecule has 0 aromatic rings. The smallest absolute Gasteiger partial charge is 0.424 e. The van der Waals surface area contributed by atoms with Crippen molar-refractivity contribution in [2.75, 3.05) is 0 Å². The summed E-state index contributed by atoms with van der Waals surface area (Å²) in [4.78, 5) is 13.4. The van der Waals surface area contributed by atoms with E-state index in [2.05, 4.69) is 9.89 Å². The van der Waals surface area contributed by atoms with Crippen molar-refractivity contribution in [3.63, 3.8) is 0 Å². The van der Waals surface area contributed by atoms with Gasteiger partial charge in [-0.2, -0.15) is 0 Å². The largest absolute Gasteiger partial charge is 0.497 e. The van der Waals surface area contributed by atoms with Crippen molar-refractivity contribution in [3.05, 3.63) is 5.53 Å². The molecule has 0 saturated carbocycles. The molecule has 0 aliphatic carbocycles. The molecule has 1 amide bonds. The Hall–Kier alpha value is -1.68. The van der Waals surface area contributed by atoms with Gasteiger partial charge in [0.15, 0.2) is 0 Å². The van der Waals surface area contributed by atoms with E-state index in [0.717, 1.165) is 0 Å². The number of hydrogen-bond acceptors (Lipinski definition) is 2. The predicted molar refractivity (Wildman–Crippen MR) is 30.9 cm³/mol. The van der Waals surface area contributed by atoms with Crippen molar-refractivity contribution in [3.8, 4) is 0 Å². The molecule has 2 N–H and O–H groups in total. The zero-order valence-electron chi connectivity index (χ0n) is 4.85. The molecule has 2 heterocycles. The summed E-state index contributed by atoms with van der Waals surface area (Å²) in [6.45, 7) is 0. The van der Waals surface area contributed by atoms with Gasteiger partial charge in [0, 0.05) is 0 Å². The summed E-state index contributed by atoms with van der Waals surface area (Å²) in [5.74, 6) is -0.352. The van der Waals surface area contributed by atoms with Crippen LogP contribution in [0.3, 0.4) is 0 Å². The number of nitrogens with two attached hydrogens (primary N) is 1. The first-order valence-electron chi connectivity index (χ1n) is 2.61. The van der Waals surface area contributed by atoms with Crippen molar-refractivity contribution in [1.82, 2.24) is 5.01 Å². The summed E-state index contributed by atoms with van der Waals surface area (Å²) in [7, 11) is 0. The summed E-state index contributed by atoms with van der Waals surface area (Å²) < 4.78 is 0. The zero-order valence-corrected chi connectivity index (χ0v) is 4.85. The van der Waals surface area contributed by atoms with E-state index < -0.39 is 11.4 Å². The average molecular weight is 137 g/mol. The molecule has 2 aliphatic rings. The Labute approximate surface area is 55.5 Å². The van der Waals surface area contributed by atoms with E-state index in [4.69, 9.17) is 11.3 Å². The van der Waals surface area contributed by atoms with Crippen LogP contribution in [-0.4, -0.2) is 33.3 Å². The third-order valence-corrected chi connectivity index (χ3v) is 1.66. The quantitative estimate of drug-likeness (QED) is 0.261. The lowest BCUT2D eigenvalue weighted by Gasteiger charge is -2.00. The first-order chi connectivity index (χ1) is 4.73. The minimum Gasteiger partial charge on any atom is -0.497 e. The summed E-state index contributed by atoms with van der Waals surface area (Å²) in [6.07, 6.45) is 1.35. The molecule has 0 radical (unpaired) electrons. The van der Waals surface area contributed by atoms with Gasteiger partial charge in [-0.25, -0.2) is 0 Å². The molecule has 0 aromatic heterocycles. The second kappa shape index (κ2) is 1.10. The Morgan fingerprint density at radius 1 is 2.00 bits per heavy atom. The average Bonchev–Trinajstić information content (AvgIpc) is 2.28. The van der Waals surface area contributed by atoms with E-state index in [9.17, 15) is 4.79 Å². The zero-order chi connectivity index (χ0) is 7.35. The number of carbonyl (C=O) groups excluding carboxylic acids is 1. The minimum atomic E-state index is -0.964. The van der Waals surface area contributed by atoms with Crippen molar-refractivity contribution < 1.29 is 9.58 Å². The van der Waals surface area contributed by atoms with E-state index in [1.807, 2.05) is 0 Å². The molecule has 1 atom stereocenters. The standard InChI is InChI=1S/C4H3N5O/c5-2(10)4-1-7-9(4)3(4)8-6/h1H,(H2,5,10). The van der Waals surface area contributed by atoms with Gasteiger partial charge in [-0.3, -0.25) is 4.79 Å². The van der Waals surface area contributed by atoms with Crippen LogP contribution in [0.1, 0.15) is 0 Å². The Balaban J connectivity index is 2.47. The molecule has 0 spiro atoms. The fourth-order valence-corrected chi connectivity index (χ4v) is 0.978. The highest BCUT2D eigenvalue weighted by atomic mass is 16.2. The Bertz CT molecular complexity index is 301. The number of hydrazone groups is 1. The van der Waals surface area contributed by atoms with Gasteiger partial charge in [-0.15, -0.1) is 0 Å². The number of amides is 1. The van der Waals surface area contributed by atoms with Crippen molar-refractivity contribution in [2.45, 2.75) is 5.54 Å². The highest BCUT2D eigenvalue weighted by molar-refractivity contribution is 6.37. The number of amidine groups is 1. The molecular weight excluding hydrogens is 134 g/mol. The molecule has 1 saturated heterocycles. The van der Waals surface area contributed by atoms with E-state index in [1.54, 1.807) is 0 Å². The topological polar surface area (TPSA) is 94.9 Å². The van der Waals surface area contributed by atoms with Gasteiger partial charge in [-0.1, -0.05) is 10.1 Å². The molecule has 1 fully saturated rings. The molecule has 0 bridgehead atoms. The molecule has 1 unspecified atom stereocenters. The lowest BCUT2D eigenvalue weighted by atomic mass is 10.1. The highest BCUT2D eigenvalue weighted by Gasteiger charge is 2.83. The summed E-state index contributed by atoms with van der Waals surface area (Å²) in [6, 6.07) is 0. The fraction of sp³-hybridized carbons (Fsp3) is 0.250. The van der Waals surface area contributed by atoms with Crippen LogP contribution >= 0.6 is 0 Å². The predicted octanol–water partition coefficient (Wildman–Crippen LogP) is -1.85. The number of fused-ring (bicyclic) bond motifs is 1. The van der Waals surface area contributed by atoms with Gasteiger partial charge in [0.05, 0.1) is 0 Å². The lowest BCUT2D eigenvalue weighted by Crippen LogP contribution is -2.41. The second-order valence-electron chi connectivity index (χ2n) is 2.11. The number of carbonyl (C=O) groups is 1. The molecule has 2 rings (SSSR count). The van der Waals surface area contributed by atoms with Crippen LogP contribution in [0.4, 0.5) is 0 Å². The molecule has 50 valence electrons. The van der Waals surface area contributed by atoms with Gasteiger partial charge in [0.1, 0.15) is 6.21 Å². The monoisotopic (exact) mass is 137 g/mol. The summed E-state index contributed by atoms with van der Waals surface area (Å²) >= 11 is 0. The van der Waals surface area contributed by atoms with E-state index in [0.29, 0.717) is 0 Å². The van der Waals surface area contributed by atoms with Crippen LogP contribution < -0.4 is 5.73 Å². The van der Waals surface area contributed by atoms with Crippen LogP contribution in [0.5, 0.6) is 0 Å². The first kappa shape index (κ1) is 5.13. The van der Waals surface area contributed by atoms with Gasteiger partial charge in [0.2, 0.25) is 0 Å². The van der Waals surface area contributed by atoms with Gasteiger partial charge >= 0.3 is 11.4 Å². The van der Waals surface area contributed by atoms with Gasteiger partial charge in [0.25, 0.3) is 5.91 Å². The highest BCUT2D eigenvalue weighted by Crippen LogP contribution is 2.39. The Morgan fingerprint density at radius 3 is 2.80 bits per heavy atom. The van der Waals surface area contributed by atoms with Crippen LogP contribution in [0.15, 0.2) is 5.10 Å². The van der Waals surface area contributed by atoms with Crippen molar-refractivity contribution in [2.24, 2.45) is 10.8 Å². The van der Waals surface area contributed by atoms with Crippen LogP contribution in [0.25, 0.3) is 5.53 Å². The van der Waals surface area contributed by atoms with Gasteiger partial charge in [-0.05, 0) is 0 Å². The third kappa shape index (κ3) is 0.258.